The fourth-order valence-electron chi connectivity index (χ4n) is 2.92. The van der Waals surface area contributed by atoms with Gasteiger partial charge in [0.1, 0.15) is 11.4 Å². The lowest BCUT2D eigenvalue weighted by Gasteiger charge is -2.36. The molecule has 0 saturated carbocycles. The number of fused-ring (bicyclic) bond motifs is 1. The molecule has 1 amide bonds. The highest BCUT2D eigenvalue weighted by molar-refractivity contribution is 9.10. The maximum Gasteiger partial charge on any atom is 0.227 e. The molecule has 0 spiro atoms. The third-order valence-electron chi connectivity index (χ3n) is 3.80. The summed E-state index contributed by atoms with van der Waals surface area (Å²) in [4.78, 5) is 14.0. The van der Waals surface area contributed by atoms with Crippen LogP contribution in [0.5, 0.6) is 5.75 Å². The van der Waals surface area contributed by atoms with Crippen LogP contribution in [0.1, 0.15) is 25.3 Å². The molecule has 0 aliphatic carbocycles. The molecule has 21 heavy (non-hydrogen) atoms. The van der Waals surface area contributed by atoms with Gasteiger partial charge in [0.05, 0.1) is 12.3 Å². The van der Waals surface area contributed by atoms with E-state index in [1.165, 1.54) is 0 Å². The molecule has 1 unspecified atom stereocenters. The van der Waals surface area contributed by atoms with Crippen molar-refractivity contribution in [3.8, 4) is 5.75 Å². The van der Waals surface area contributed by atoms with Crippen LogP contribution in [0.15, 0.2) is 28.7 Å². The van der Waals surface area contributed by atoms with Gasteiger partial charge in [0.15, 0.2) is 0 Å². The third-order valence-corrected chi connectivity index (χ3v) is 4.29. The number of benzene rings is 1. The van der Waals surface area contributed by atoms with Crippen LogP contribution in [0, 0.1) is 0 Å². The van der Waals surface area contributed by atoms with Gasteiger partial charge in [0, 0.05) is 30.1 Å². The van der Waals surface area contributed by atoms with Gasteiger partial charge >= 0.3 is 0 Å². The Morgan fingerprint density at radius 3 is 2.95 bits per heavy atom. The normalized spacial score (nSPS) is 24.6. The van der Waals surface area contributed by atoms with Crippen LogP contribution in [0.4, 0.5) is 0 Å². The van der Waals surface area contributed by atoms with E-state index >= 15 is 0 Å². The van der Waals surface area contributed by atoms with Gasteiger partial charge in [-0.2, -0.15) is 0 Å². The summed E-state index contributed by atoms with van der Waals surface area (Å²) in [6.45, 7) is 3.18. The number of halogens is 1. The number of carbonyl (C=O) groups is 1. The quantitative estimate of drug-likeness (QED) is 0.839. The van der Waals surface area contributed by atoms with Crippen molar-refractivity contribution in [1.82, 2.24) is 4.90 Å². The highest BCUT2D eigenvalue weighted by Crippen LogP contribution is 2.40. The van der Waals surface area contributed by atoms with Crippen molar-refractivity contribution in [3.63, 3.8) is 0 Å². The minimum Gasteiger partial charge on any atom is -0.480 e. The Hall–Kier alpha value is -1.33. The van der Waals surface area contributed by atoms with Gasteiger partial charge in [0.2, 0.25) is 5.91 Å². The summed E-state index contributed by atoms with van der Waals surface area (Å²) in [5, 5.41) is 0. The number of nitrogens with zero attached hydrogens (tertiary/aromatic N) is 1. The van der Waals surface area contributed by atoms with Gasteiger partial charge in [-0.15, -0.1) is 0 Å². The first-order chi connectivity index (χ1) is 10.0. The van der Waals surface area contributed by atoms with Crippen LogP contribution >= 0.6 is 15.9 Å². The lowest BCUT2D eigenvalue weighted by atomic mass is 9.97. The second-order valence-electron chi connectivity index (χ2n) is 5.67. The van der Waals surface area contributed by atoms with Crippen molar-refractivity contribution < 1.29 is 14.3 Å². The van der Waals surface area contributed by atoms with Crippen LogP contribution in [0.25, 0.3) is 5.70 Å². The molecule has 0 bridgehead atoms. The Morgan fingerprint density at radius 2 is 2.29 bits per heavy atom. The summed E-state index contributed by atoms with van der Waals surface area (Å²) in [5.74, 6) is 0.962. The van der Waals surface area contributed by atoms with Gasteiger partial charge in [0.25, 0.3) is 0 Å². The third kappa shape index (κ3) is 2.72. The highest BCUT2D eigenvalue weighted by atomic mass is 79.9. The van der Waals surface area contributed by atoms with Crippen molar-refractivity contribution in [2.24, 2.45) is 0 Å². The molecule has 4 nitrogen and oxygen atoms in total. The summed E-state index contributed by atoms with van der Waals surface area (Å²) in [6.07, 6.45) is 3.53. The lowest BCUT2D eigenvalue weighted by molar-refractivity contribution is -0.125. The van der Waals surface area contributed by atoms with Crippen LogP contribution in [-0.2, 0) is 9.53 Å². The lowest BCUT2D eigenvalue weighted by Crippen LogP contribution is -2.40. The molecule has 2 aliphatic heterocycles. The molecule has 1 atom stereocenters. The first kappa shape index (κ1) is 14.6. The number of ether oxygens (including phenoxy) is 2. The zero-order valence-corrected chi connectivity index (χ0v) is 13.8. The Labute approximate surface area is 132 Å². The summed E-state index contributed by atoms with van der Waals surface area (Å²) >= 11 is 3.49. The average Bonchev–Trinajstić information content (AvgIpc) is 2.85. The molecule has 0 N–H and O–H groups in total. The van der Waals surface area contributed by atoms with E-state index in [2.05, 4.69) is 15.9 Å². The topological polar surface area (TPSA) is 38.8 Å². The molecular formula is C16H18BrNO3. The molecule has 2 aliphatic rings. The Morgan fingerprint density at radius 1 is 1.48 bits per heavy atom. The smallest absolute Gasteiger partial charge is 0.227 e. The van der Waals surface area contributed by atoms with Crippen molar-refractivity contribution in [1.29, 1.82) is 0 Å². The monoisotopic (exact) mass is 351 g/mol. The molecule has 3 rings (SSSR count). The first-order valence-corrected chi connectivity index (χ1v) is 7.83. The second-order valence-corrected chi connectivity index (χ2v) is 6.58. The van der Waals surface area contributed by atoms with Crippen LogP contribution in [0.3, 0.4) is 0 Å². The van der Waals surface area contributed by atoms with Gasteiger partial charge in [-0.1, -0.05) is 15.9 Å². The SMILES string of the molecule is COCC1(C)C=C(N2CCCC2=O)c2cc(Br)ccc2O1. The number of carbonyl (C=O) groups excluding carboxylic acids is 1. The van der Waals surface area contributed by atoms with Crippen molar-refractivity contribution in [2.45, 2.75) is 25.4 Å². The molecule has 112 valence electrons. The van der Waals surface area contributed by atoms with E-state index in [0.29, 0.717) is 13.0 Å². The summed E-state index contributed by atoms with van der Waals surface area (Å²) in [5.41, 5.74) is 1.32. The largest absolute Gasteiger partial charge is 0.480 e. The van der Waals surface area contributed by atoms with E-state index in [9.17, 15) is 4.79 Å². The number of methoxy groups -OCH3 is 1. The Kier molecular flexibility index (Phi) is 3.80. The molecule has 5 heteroatoms. The van der Waals surface area contributed by atoms with Crippen molar-refractivity contribution >= 4 is 27.5 Å². The molecule has 0 aromatic heterocycles. The minimum absolute atomic E-state index is 0.175. The predicted molar refractivity (Wildman–Crippen MR) is 84.0 cm³/mol. The molecule has 1 saturated heterocycles. The highest BCUT2D eigenvalue weighted by Gasteiger charge is 2.35. The number of hydrogen-bond donors (Lipinski definition) is 0. The molecule has 1 fully saturated rings. The van der Waals surface area contributed by atoms with Crippen LogP contribution in [0.2, 0.25) is 0 Å². The summed E-state index contributed by atoms with van der Waals surface area (Å²) < 4.78 is 12.3. The van der Waals surface area contributed by atoms with Gasteiger partial charge in [-0.25, -0.2) is 0 Å². The zero-order valence-electron chi connectivity index (χ0n) is 12.2. The maximum absolute atomic E-state index is 12.1. The first-order valence-electron chi connectivity index (χ1n) is 7.03. The van der Waals surface area contributed by atoms with Gasteiger partial charge in [-0.3, -0.25) is 4.79 Å². The molecule has 0 radical (unpaired) electrons. The maximum atomic E-state index is 12.1. The number of likely N-dealkylation sites (tertiary alicyclic amines) is 1. The predicted octanol–water partition coefficient (Wildman–Crippen LogP) is 3.21. The summed E-state index contributed by atoms with van der Waals surface area (Å²) in [6, 6.07) is 5.88. The molecule has 1 aromatic carbocycles. The molecule has 2 heterocycles. The average molecular weight is 352 g/mol. The van der Waals surface area contributed by atoms with Crippen LogP contribution in [-0.4, -0.2) is 36.7 Å². The zero-order chi connectivity index (χ0) is 15.0. The van der Waals surface area contributed by atoms with Crippen LogP contribution < -0.4 is 4.74 Å². The fourth-order valence-corrected chi connectivity index (χ4v) is 3.28. The Balaban J connectivity index is 2.09. The van der Waals surface area contributed by atoms with Crippen molar-refractivity contribution in [3.05, 3.63) is 34.3 Å². The van der Waals surface area contributed by atoms with E-state index in [-0.39, 0.29) is 5.91 Å². The number of hydrogen-bond acceptors (Lipinski definition) is 3. The van der Waals surface area contributed by atoms with Gasteiger partial charge in [-0.05, 0) is 37.6 Å². The minimum atomic E-state index is -0.562. The van der Waals surface area contributed by atoms with E-state index in [4.69, 9.17) is 9.47 Å². The molecule has 1 aromatic rings. The number of amides is 1. The van der Waals surface area contributed by atoms with Crippen molar-refractivity contribution in [2.75, 3.05) is 20.3 Å². The van der Waals surface area contributed by atoms with E-state index in [1.807, 2.05) is 36.1 Å². The van der Waals surface area contributed by atoms with Gasteiger partial charge < -0.3 is 14.4 Å². The Bertz CT molecular complexity index is 614. The standard InChI is InChI=1S/C16H18BrNO3/c1-16(10-20-2)9-13(18-7-3-4-15(18)19)12-8-11(17)5-6-14(12)21-16/h5-6,8-9H,3-4,7,10H2,1-2H3. The van der Waals surface area contributed by atoms with E-state index in [0.717, 1.165) is 34.4 Å². The fraction of sp³-hybridized carbons (Fsp3) is 0.438. The second kappa shape index (κ2) is 5.46. The summed E-state index contributed by atoms with van der Waals surface area (Å²) in [7, 11) is 1.65. The van der Waals surface area contributed by atoms with E-state index in [1.54, 1.807) is 7.11 Å². The molecular weight excluding hydrogens is 334 g/mol. The number of rotatable bonds is 3. The van der Waals surface area contributed by atoms with E-state index < -0.39 is 5.60 Å².